The van der Waals surface area contributed by atoms with Crippen molar-refractivity contribution in [1.82, 2.24) is 19.9 Å². The monoisotopic (exact) mass is 368 g/mol. The molecule has 4 heterocycles. The van der Waals surface area contributed by atoms with Crippen molar-refractivity contribution in [3.63, 3.8) is 0 Å². The molecule has 0 spiro atoms. The van der Waals surface area contributed by atoms with Gasteiger partial charge in [-0.2, -0.15) is 4.98 Å². The highest BCUT2D eigenvalue weighted by Crippen LogP contribution is 2.19. The minimum Gasteiger partial charge on any atom is -0.378 e. The van der Waals surface area contributed by atoms with Crippen molar-refractivity contribution in [3.8, 4) is 0 Å². The molecular formula is C20H28N6O. The molecule has 4 rings (SSSR count). The van der Waals surface area contributed by atoms with E-state index in [9.17, 15) is 0 Å². The molecule has 2 aliphatic heterocycles. The maximum Gasteiger partial charge on any atom is 0.227 e. The summed E-state index contributed by atoms with van der Waals surface area (Å²) in [6, 6.07) is 6.57. The lowest BCUT2D eigenvalue weighted by atomic mass is 10.0. The van der Waals surface area contributed by atoms with Gasteiger partial charge in [-0.05, 0) is 44.0 Å². The van der Waals surface area contributed by atoms with E-state index in [1.807, 2.05) is 24.5 Å². The van der Waals surface area contributed by atoms with Gasteiger partial charge in [0.25, 0.3) is 0 Å². The normalized spacial score (nSPS) is 21.2. The molecule has 0 radical (unpaired) electrons. The molecule has 7 nitrogen and oxygen atoms in total. The van der Waals surface area contributed by atoms with Gasteiger partial charge in [0.05, 0.1) is 13.2 Å². The predicted molar refractivity (Wildman–Crippen MR) is 106 cm³/mol. The molecule has 2 saturated heterocycles. The molecule has 0 aromatic carbocycles. The highest BCUT2D eigenvalue weighted by atomic mass is 16.5. The lowest BCUT2D eigenvalue weighted by Gasteiger charge is -2.34. The fraction of sp³-hybridized carbons (Fsp3) is 0.550. The van der Waals surface area contributed by atoms with Gasteiger partial charge in [-0.3, -0.25) is 9.88 Å². The zero-order valence-electron chi connectivity index (χ0n) is 16.0. The largest absolute Gasteiger partial charge is 0.378 e. The molecule has 0 amide bonds. The number of nitrogens with one attached hydrogen (secondary N) is 1. The fourth-order valence-corrected chi connectivity index (χ4v) is 3.80. The van der Waals surface area contributed by atoms with E-state index in [4.69, 9.17) is 9.72 Å². The Morgan fingerprint density at radius 3 is 2.89 bits per heavy atom. The molecule has 1 atom stereocenters. The summed E-state index contributed by atoms with van der Waals surface area (Å²) in [4.78, 5) is 18.3. The Hall–Kier alpha value is -2.25. The summed E-state index contributed by atoms with van der Waals surface area (Å²) in [5.41, 5.74) is 2.44. The highest BCUT2D eigenvalue weighted by Gasteiger charge is 2.21. The minimum atomic E-state index is 0.406. The van der Waals surface area contributed by atoms with Crippen LogP contribution in [0, 0.1) is 6.92 Å². The number of hydrogen-bond acceptors (Lipinski definition) is 7. The Bertz CT molecular complexity index is 749. The van der Waals surface area contributed by atoms with E-state index in [-0.39, 0.29) is 0 Å². The van der Waals surface area contributed by atoms with E-state index in [0.29, 0.717) is 6.04 Å². The van der Waals surface area contributed by atoms with E-state index in [2.05, 4.69) is 38.1 Å². The van der Waals surface area contributed by atoms with E-state index in [1.54, 1.807) is 0 Å². The van der Waals surface area contributed by atoms with Gasteiger partial charge in [0, 0.05) is 50.3 Å². The van der Waals surface area contributed by atoms with Gasteiger partial charge >= 0.3 is 0 Å². The predicted octanol–water partition coefficient (Wildman–Crippen LogP) is 2.09. The van der Waals surface area contributed by atoms with Crippen molar-refractivity contribution in [2.75, 3.05) is 49.6 Å². The minimum absolute atomic E-state index is 0.406. The first kappa shape index (κ1) is 18.1. The number of anilines is 2. The van der Waals surface area contributed by atoms with Gasteiger partial charge in [0.1, 0.15) is 5.82 Å². The number of piperidine rings is 1. The number of morpholine rings is 1. The van der Waals surface area contributed by atoms with Crippen molar-refractivity contribution < 1.29 is 4.74 Å². The first-order valence-corrected chi connectivity index (χ1v) is 9.83. The Morgan fingerprint density at radius 2 is 2.04 bits per heavy atom. The fourth-order valence-electron chi connectivity index (χ4n) is 3.80. The molecular weight excluding hydrogens is 340 g/mol. The van der Waals surface area contributed by atoms with E-state index >= 15 is 0 Å². The van der Waals surface area contributed by atoms with Gasteiger partial charge < -0.3 is 15.0 Å². The number of pyridine rings is 1. The van der Waals surface area contributed by atoms with Gasteiger partial charge in [0.2, 0.25) is 5.95 Å². The van der Waals surface area contributed by atoms with Crippen molar-refractivity contribution in [3.05, 3.63) is 41.9 Å². The molecule has 1 unspecified atom stereocenters. The molecule has 0 aliphatic carbocycles. The summed E-state index contributed by atoms with van der Waals surface area (Å²) in [7, 11) is 0. The van der Waals surface area contributed by atoms with Gasteiger partial charge in [0.15, 0.2) is 0 Å². The first-order chi connectivity index (χ1) is 13.3. The summed E-state index contributed by atoms with van der Waals surface area (Å²) >= 11 is 0. The number of likely N-dealkylation sites (tertiary alicyclic amines) is 1. The van der Waals surface area contributed by atoms with Crippen molar-refractivity contribution >= 4 is 11.8 Å². The number of ether oxygens (including phenoxy) is 1. The van der Waals surface area contributed by atoms with Gasteiger partial charge in [-0.25, -0.2) is 4.98 Å². The number of nitrogens with zero attached hydrogens (tertiary/aromatic N) is 5. The Kier molecular flexibility index (Phi) is 5.79. The second-order valence-corrected chi connectivity index (χ2v) is 7.31. The molecule has 27 heavy (non-hydrogen) atoms. The molecule has 144 valence electrons. The maximum atomic E-state index is 5.42. The van der Waals surface area contributed by atoms with Crippen LogP contribution >= 0.6 is 0 Å². The third kappa shape index (κ3) is 4.73. The summed E-state index contributed by atoms with van der Waals surface area (Å²) < 4.78 is 5.42. The second-order valence-electron chi connectivity index (χ2n) is 7.31. The lowest BCUT2D eigenvalue weighted by Crippen LogP contribution is -2.42. The lowest BCUT2D eigenvalue weighted by molar-refractivity contribution is 0.122. The zero-order valence-corrected chi connectivity index (χ0v) is 16.0. The van der Waals surface area contributed by atoms with Crippen LogP contribution in [-0.4, -0.2) is 65.3 Å². The van der Waals surface area contributed by atoms with Crippen LogP contribution in [0.4, 0.5) is 11.8 Å². The smallest absolute Gasteiger partial charge is 0.227 e. The SMILES string of the molecule is Cc1ncccc1CN1CCCC(Nc2ccnc(N3CCOCC3)n2)C1. The number of rotatable bonds is 5. The molecule has 0 bridgehead atoms. The Morgan fingerprint density at radius 1 is 1.15 bits per heavy atom. The third-order valence-corrected chi connectivity index (χ3v) is 5.30. The topological polar surface area (TPSA) is 66.4 Å². The summed E-state index contributed by atoms with van der Waals surface area (Å²) in [6.07, 6.45) is 6.07. The first-order valence-electron chi connectivity index (χ1n) is 9.83. The standard InChI is InChI=1S/C20H28N6O/c1-16-17(4-2-7-21-16)14-25-9-3-5-18(15-25)23-19-6-8-22-20(24-19)26-10-12-27-13-11-26/h2,4,6-8,18H,3,5,9-15H2,1H3,(H,22,23,24). The van der Waals surface area contributed by atoms with Crippen LogP contribution in [0.25, 0.3) is 0 Å². The molecule has 2 fully saturated rings. The number of aryl methyl sites for hydroxylation is 1. The number of aromatic nitrogens is 3. The summed E-state index contributed by atoms with van der Waals surface area (Å²) in [5, 5.41) is 3.62. The van der Waals surface area contributed by atoms with Crippen molar-refractivity contribution in [2.24, 2.45) is 0 Å². The molecule has 2 aliphatic rings. The molecule has 0 saturated carbocycles. The van der Waals surface area contributed by atoms with Gasteiger partial charge in [-0.15, -0.1) is 0 Å². The highest BCUT2D eigenvalue weighted by molar-refractivity contribution is 5.42. The van der Waals surface area contributed by atoms with Crippen LogP contribution in [0.1, 0.15) is 24.1 Å². The molecule has 7 heteroatoms. The van der Waals surface area contributed by atoms with Crippen LogP contribution in [0.5, 0.6) is 0 Å². The average Bonchev–Trinajstić information content (AvgIpc) is 2.71. The number of hydrogen-bond donors (Lipinski definition) is 1. The molecule has 2 aromatic heterocycles. The van der Waals surface area contributed by atoms with Gasteiger partial charge in [-0.1, -0.05) is 6.07 Å². The molecule has 1 N–H and O–H groups in total. The van der Waals surface area contributed by atoms with E-state index < -0.39 is 0 Å². The molecule has 2 aromatic rings. The maximum absolute atomic E-state index is 5.42. The third-order valence-electron chi connectivity index (χ3n) is 5.30. The average molecular weight is 368 g/mol. The van der Waals surface area contributed by atoms with E-state index in [0.717, 1.165) is 63.4 Å². The van der Waals surface area contributed by atoms with Crippen LogP contribution in [0.2, 0.25) is 0 Å². The van der Waals surface area contributed by atoms with Crippen LogP contribution in [-0.2, 0) is 11.3 Å². The zero-order chi connectivity index (χ0) is 18.5. The summed E-state index contributed by atoms with van der Waals surface area (Å²) in [6.45, 7) is 8.39. The van der Waals surface area contributed by atoms with E-state index in [1.165, 1.54) is 18.4 Å². The summed E-state index contributed by atoms with van der Waals surface area (Å²) in [5.74, 6) is 1.71. The van der Waals surface area contributed by atoms with Crippen molar-refractivity contribution in [1.29, 1.82) is 0 Å². The Balaban J connectivity index is 1.37. The van der Waals surface area contributed by atoms with Crippen LogP contribution in [0.15, 0.2) is 30.6 Å². The second kappa shape index (κ2) is 8.63. The van der Waals surface area contributed by atoms with Crippen LogP contribution in [0.3, 0.4) is 0 Å². The van der Waals surface area contributed by atoms with Crippen LogP contribution < -0.4 is 10.2 Å². The van der Waals surface area contributed by atoms with Crippen molar-refractivity contribution in [2.45, 2.75) is 32.4 Å². The Labute approximate surface area is 160 Å². The quantitative estimate of drug-likeness (QED) is 0.867.